The van der Waals surface area contributed by atoms with Crippen molar-refractivity contribution < 1.29 is 0 Å². The predicted octanol–water partition coefficient (Wildman–Crippen LogP) is 2.37. The van der Waals surface area contributed by atoms with Gasteiger partial charge in [0.25, 0.3) is 0 Å². The van der Waals surface area contributed by atoms with Gasteiger partial charge in [-0.2, -0.15) is 0 Å². The standard InChI is InChI=1S/C18H29N3/c1-2-16-4-3-5-18(14-16)21-10-6-17(7-11-21)15-20-12-8-19-9-13-20/h3-5,14,17,19H,2,6-13,15H2,1H3. The summed E-state index contributed by atoms with van der Waals surface area (Å²) in [6, 6.07) is 9.09. The van der Waals surface area contributed by atoms with Crippen LogP contribution in [0.25, 0.3) is 0 Å². The number of hydrogen-bond donors (Lipinski definition) is 1. The van der Waals surface area contributed by atoms with Gasteiger partial charge in [0.2, 0.25) is 0 Å². The highest BCUT2D eigenvalue weighted by Gasteiger charge is 2.22. The fourth-order valence-electron chi connectivity index (χ4n) is 3.61. The molecule has 3 nitrogen and oxygen atoms in total. The minimum absolute atomic E-state index is 0.897. The molecular formula is C18H29N3. The monoisotopic (exact) mass is 287 g/mol. The van der Waals surface area contributed by atoms with E-state index in [1.807, 2.05) is 0 Å². The first kappa shape index (κ1) is 14.9. The Hall–Kier alpha value is -1.06. The van der Waals surface area contributed by atoms with Crippen molar-refractivity contribution >= 4 is 5.69 Å². The Bertz CT molecular complexity index is 432. The molecule has 1 N–H and O–H groups in total. The van der Waals surface area contributed by atoms with Gasteiger partial charge in [0.1, 0.15) is 0 Å². The van der Waals surface area contributed by atoms with Gasteiger partial charge in [-0.05, 0) is 42.9 Å². The first-order valence-corrected chi connectivity index (χ1v) is 8.62. The number of nitrogens with zero attached hydrogens (tertiary/aromatic N) is 2. The summed E-state index contributed by atoms with van der Waals surface area (Å²) >= 11 is 0. The third-order valence-electron chi connectivity index (χ3n) is 5.02. The van der Waals surface area contributed by atoms with Gasteiger partial charge in [-0.25, -0.2) is 0 Å². The number of hydrogen-bond acceptors (Lipinski definition) is 3. The van der Waals surface area contributed by atoms with E-state index in [9.17, 15) is 0 Å². The van der Waals surface area contributed by atoms with Crippen LogP contribution in [0.3, 0.4) is 0 Å². The second kappa shape index (κ2) is 7.28. The van der Waals surface area contributed by atoms with Crippen LogP contribution < -0.4 is 10.2 Å². The summed E-state index contributed by atoms with van der Waals surface area (Å²) in [5, 5.41) is 3.44. The second-order valence-electron chi connectivity index (χ2n) is 6.50. The van der Waals surface area contributed by atoms with Crippen molar-refractivity contribution in [2.24, 2.45) is 5.92 Å². The van der Waals surface area contributed by atoms with Crippen molar-refractivity contribution in [3.63, 3.8) is 0 Å². The lowest BCUT2D eigenvalue weighted by Gasteiger charge is -2.37. The molecule has 2 heterocycles. The van der Waals surface area contributed by atoms with Crippen LogP contribution in [0.1, 0.15) is 25.3 Å². The summed E-state index contributed by atoms with van der Waals surface area (Å²) in [4.78, 5) is 5.22. The maximum Gasteiger partial charge on any atom is 0.0368 e. The molecule has 21 heavy (non-hydrogen) atoms. The van der Waals surface area contributed by atoms with E-state index >= 15 is 0 Å². The topological polar surface area (TPSA) is 18.5 Å². The molecule has 1 aromatic rings. The number of rotatable bonds is 4. The molecule has 0 saturated carbocycles. The van der Waals surface area contributed by atoms with Gasteiger partial charge in [-0.3, -0.25) is 0 Å². The van der Waals surface area contributed by atoms with Crippen LogP contribution in [-0.4, -0.2) is 50.7 Å². The van der Waals surface area contributed by atoms with Crippen LogP contribution in [0.4, 0.5) is 5.69 Å². The molecule has 2 aliphatic heterocycles. The molecule has 3 heteroatoms. The van der Waals surface area contributed by atoms with Crippen molar-refractivity contribution in [3.8, 4) is 0 Å². The zero-order valence-electron chi connectivity index (χ0n) is 13.4. The largest absolute Gasteiger partial charge is 0.372 e. The smallest absolute Gasteiger partial charge is 0.0368 e. The maximum absolute atomic E-state index is 3.44. The van der Waals surface area contributed by atoms with Crippen LogP contribution in [0.15, 0.2) is 24.3 Å². The van der Waals surface area contributed by atoms with E-state index in [-0.39, 0.29) is 0 Å². The average molecular weight is 287 g/mol. The predicted molar refractivity (Wildman–Crippen MR) is 90.1 cm³/mol. The first-order valence-electron chi connectivity index (χ1n) is 8.62. The molecular weight excluding hydrogens is 258 g/mol. The quantitative estimate of drug-likeness (QED) is 0.917. The van der Waals surface area contributed by atoms with Crippen LogP contribution in [0, 0.1) is 5.92 Å². The highest BCUT2D eigenvalue weighted by atomic mass is 15.2. The summed E-state index contributed by atoms with van der Waals surface area (Å²) in [5.74, 6) is 0.897. The fraction of sp³-hybridized carbons (Fsp3) is 0.667. The highest BCUT2D eigenvalue weighted by molar-refractivity contribution is 5.49. The van der Waals surface area contributed by atoms with Crippen LogP contribution >= 0.6 is 0 Å². The van der Waals surface area contributed by atoms with E-state index in [1.165, 1.54) is 69.9 Å². The molecule has 0 aromatic heterocycles. The molecule has 0 amide bonds. The second-order valence-corrected chi connectivity index (χ2v) is 6.50. The number of aryl methyl sites for hydroxylation is 1. The molecule has 0 bridgehead atoms. The molecule has 0 unspecified atom stereocenters. The Balaban J connectivity index is 1.50. The molecule has 1 aromatic carbocycles. The number of piperazine rings is 1. The van der Waals surface area contributed by atoms with E-state index in [0.717, 1.165) is 12.3 Å². The zero-order valence-corrected chi connectivity index (χ0v) is 13.4. The van der Waals surface area contributed by atoms with Crippen molar-refractivity contribution in [2.75, 3.05) is 50.7 Å². The van der Waals surface area contributed by atoms with Gasteiger partial charge in [0.15, 0.2) is 0 Å². The zero-order chi connectivity index (χ0) is 14.5. The molecule has 0 atom stereocenters. The Kier molecular flexibility index (Phi) is 5.15. The Labute approximate surface area is 129 Å². The molecule has 2 aliphatic rings. The van der Waals surface area contributed by atoms with E-state index in [4.69, 9.17) is 0 Å². The minimum atomic E-state index is 0.897. The van der Waals surface area contributed by atoms with Crippen molar-refractivity contribution in [1.82, 2.24) is 10.2 Å². The number of anilines is 1. The van der Waals surface area contributed by atoms with E-state index in [2.05, 4.69) is 46.3 Å². The van der Waals surface area contributed by atoms with Crippen LogP contribution in [0.2, 0.25) is 0 Å². The summed E-state index contributed by atoms with van der Waals surface area (Å²) in [5.41, 5.74) is 2.88. The molecule has 0 radical (unpaired) electrons. The van der Waals surface area contributed by atoms with Gasteiger partial charge in [0, 0.05) is 51.5 Å². The van der Waals surface area contributed by atoms with Crippen molar-refractivity contribution in [3.05, 3.63) is 29.8 Å². The van der Waals surface area contributed by atoms with Crippen LogP contribution in [0.5, 0.6) is 0 Å². The number of nitrogens with one attached hydrogen (secondary N) is 1. The Morgan fingerprint density at radius 3 is 2.57 bits per heavy atom. The maximum atomic E-state index is 3.44. The van der Waals surface area contributed by atoms with Crippen molar-refractivity contribution in [2.45, 2.75) is 26.2 Å². The van der Waals surface area contributed by atoms with Gasteiger partial charge in [0.05, 0.1) is 0 Å². The van der Waals surface area contributed by atoms with Crippen molar-refractivity contribution in [1.29, 1.82) is 0 Å². The first-order chi connectivity index (χ1) is 10.3. The van der Waals surface area contributed by atoms with Gasteiger partial charge in [-0.1, -0.05) is 19.1 Å². The third kappa shape index (κ3) is 3.98. The van der Waals surface area contributed by atoms with E-state index in [0.29, 0.717) is 0 Å². The summed E-state index contributed by atoms with van der Waals surface area (Å²) in [7, 11) is 0. The summed E-state index contributed by atoms with van der Waals surface area (Å²) in [6.07, 6.45) is 3.83. The summed E-state index contributed by atoms with van der Waals surface area (Å²) in [6.45, 7) is 10.8. The van der Waals surface area contributed by atoms with Gasteiger partial charge in [-0.15, -0.1) is 0 Å². The fourth-order valence-corrected chi connectivity index (χ4v) is 3.61. The number of benzene rings is 1. The SMILES string of the molecule is CCc1cccc(N2CCC(CN3CCNCC3)CC2)c1. The normalized spacial score (nSPS) is 21.7. The molecule has 0 aliphatic carbocycles. The van der Waals surface area contributed by atoms with Gasteiger partial charge < -0.3 is 15.1 Å². The lowest BCUT2D eigenvalue weighted by Crippen LogP contribution is -2.46. The highest BCUT2D eigenvalue weighted by Crippen LogP contribution is 2.24. The van der Waals surface area contributed by atoms with Crippen LogP contribution in [-0.2, 0) is 6.42 Å². The lowest BCUT2D eigenvalue weighted by atomic mass is 9.95. The molecule has 0 spiro atoms. The molecule has 2 saturated heterocycles. The van der Waals surface area contributed by atoms with Gasteiger partial charge >= 0.3 is 0 Å². The summed E-state index contributed by atoms with van der Waals surface area (Å²) < 4.78 is 0. The average Bonchev–Trinajstić information content (AvgIpc) is 2.56. The molecule has 2 fully saturated rings. The Morgan fingerprint density at radius 2 is 1.86 bits per heavy atom. The number of piperidine rings is 1. The third-order valence-corrected chi connectivity index (χ3v) is 5.02. The van der Waals surface area contributed by atoms with E-state index < -0.39 is 0 Å². The Morgan fingerprint density at radius 1 is 1.10 bits per heavy atom. The minimum Gasteiger partial charge on any atom is -0.372 e. The molecule has 3 rings (SSSR count). The lowest BCUT2D eigenvalue weighted by molar-refractivity contribution is 0.190. The molecule has 116 valence electrons. The van der Waals surface area contributed by atoms with E-state index in [1.54, 1.807) is 0 Å².